The van der Waals surface area contributed by atoms with E-state index in [0.29, 0.717) is 42.5 Å². The first-order valence-corrected chi connectivity index (χ1v) is 8.87. The summed E-state index contributed by atoms with van der Waals surface area (Å²) in [5, 5.41) is 22.9. The third-order valence-corrected chi connectivity index (χ3v) is 5.72. The smallest absolute Gasteiger partial charge is 0.274 e. The van der Waals surface area contributed by atoms with Gasteiger partial charge in [0.1, 0.15) is 11.8 Å². The Morgan fingerprint density at radius 1 is 1.46 bits per heavy atom. The van der Waals surface area contributed by atoms with Crippen molar-refractivity contribution in [2.45, 2.75) is 25.0 Å². The van der Waals surface area contributed by atoms with Crippen LogP contribution in [0, 0.1) is 22.8 Å². The molecule has 1 saturated heterocycles. The molecule has 0 bridgehead atoms. The van der Waals surface area contributed by atoms with Crippen LogP contribution < -0.4 is 0 Å². The van der Waals surface area contributed by atoms with E-state index in [0.717, 1.165) is 4.88 Å². The van der Waals surface area contributed by atoms with Crippen LogP contribution in [-0.4, -0.2) is 62.8 Å². The van der Waals surface area contributed by atoms with E-state index in [1.807, 2.05) is 6.07 Å². The summed E-state index contributed by atoms with van der Waals surface area (Å²) in [6, 6.07) is 1.99. The molecule has 1 amide bonds. The molecule has 0 aliphatic carbocycles. The van der Waals surface area contributed by atoms with Crippen molar-refractivity contribution in [1.82, 2.24) is 24.6 Å². The highest BCUT2D eigenvalue weighted by atomic mass is 32.1. The molecule has 0 saturated carbocycles. The maximum atomic E-state index is 12.8. The molecule has 9 nitrogen and oxygen atoms in total. The monoisotopic (exact) mass is 369 g/mol. The summed E-state index contributed by atoms with van der Waals surface area (Å²) in [4.78, 5) is 21.6. The van der Waals surface area contributed by atoms with Gasteiger partial charge in [0.15, 0.2) is 6.19 Å². The van der Waals surface area contributed by atoms with Gasteiger partial charge >= 0.3 is 0 Å². The van der Waals surface area contributed by atoms with Gasteiger partial charge in [-0.15, -0.1) is 0 Å². The van der Waals surface area contributed by atoms with Crippen LogP contribution in [0.5, 0.6) is 0 Å². The van der Waals surface area contributed by atoms with Gasteiger partial charge < -0.3 is 14.5 Å². The highest BCUT2D eigenvalue weighted by molar-refractivity contribution is 7.14. The maximum absolute atomic E-state index is 12.8. The number of carbonyl (C=O) groups excluding carboxylic acids is 1. The largest absolute Gasteiger partial charge is 0.383 e. The molecule has 10 heteroatoms. The first-order valence-electron chi connectivity index (χ1n) is 8.05. The quantitative estimate of drug-likeness (QED) is 0.730. The number of methoxy groups -OCH3 is 1. The normalized spacial score (nSPS) is 21.7. The highest BCUT2D eigenvalue weighted by Gasteiger charge is 2.42. The molecular formula is C16H15N7O2S. The van der Waals surface area contributed by atoms with Crippen molar-refractivity contribution in [3.8, 4) is 17.4 Å². The summed E-state index contributed by atoms with van der Waals surface area (Å²) in [7, 11) is 1.61. The molecule has 1 fully saturated rings. The number of ether oxygens (including phenoxy) is 1. The molecule has 2 aromatic rings. The predicted molar refractivity (Wildman–Crippen MR) is 90.2 cm³/mol. The average Bonchev–Trinajstić information content (AvgIpc) is 3.39. The molecule has 0 spiro atoms. The van der Waals surface area contributed by atoms with Crippen LogP contribution in [0.3, 0.4) is 0 Å². The van der Waals surface area contributed by atoms with Gasteiger partial charge in [0.05, 0.1) is 48.1 Å². The predicted octanol–water partition coefficient (Wildman–Crippen LogP) is 0.727. The van der Waals surface area contributed by atoms with E-state index in [2.05, 4.69) is 16.3 Å². The van der Waals surface area contributed by atoms with Gasteiger partial charge in [-0.05, 0) is 6.42 Å². The first-order chi connectivity index (χ1) is 12.6. The number of likely N-dealkylation sites (tertiary alicyclic amines) is 1. The van der Waals surface area contributed by atoms with Gasteiger partial charge in [0.2, 0.25) is 5.13 Å². The van der Waals surface area contributed by atoms with Gasteiger partial charge in [-0.3, -0.25) is 4.79 Å². The van der Waals surface area contributed by atoms with E-state index in [4.69, 9.17) is 10.00 Å². The van der Waals surface area contributed by atoms with Gasteiger partial charge in [-0.1, -0.05) is 11.3 Å². The lowest BCUT2D eigenvalue weighted by Crippen LogP contribution is -2.37. The topological polar surface area (TPSA) is 111 Å². The molecule has 26 heavy (non-hydrogen) atoms. The lowest BCUT2D eigenvalue weighted by molar-refractivity contribution is 0.0705. The third kappa shape index (κ3) is 2.60. The zero-order valence-corrected chi connectivity index (χ0v) is 14.8. The fraction of sp³-hybridized carbons (Fsp3) is 0.438. The lowest BCUT2D eigenvalue weighted by atomic mass is 10.1. The van der Waals surface area contributed by atoms with E-state index < -0.39 is 0 Å². The molecule has 2 aromatic heterocycles. The number of aromatic nitrogens is 3. The second-order valence-electron chi connectivity index (χ2n) is 6.24. The third-order valence-electron chi connectivity index (χ3n) is 4.69. The van der Waals surface area contributed by atoms with Crippen LogP contribution in [0.2, 0.25) is 0 Å². The summed E-state index contributed by atoms with van der Waals surface area (Å²) in [6.07, 6.45) is 5.95. The summed E-state index contributed by atoms with van der Waals surface area (Å²) in [5.74, 6) is -0.115. The molecule has 132 valence electrons. The lowest BCUT2D eigenvalue weighted by Gasteiger charge is -2.22. The Bertz CT molecular complexity index is 937. The van der Waals surface area contributed by atoms with Crippen molar-refractivity contribution in [3.05, 3.63) is 28.5 Å². The first kappa shape index (κ1) is 16.5. The molecule has 2 aliphatic heterocycles. The number of hydrogen-bond acceptors (Lipinski definition) is 8. The SMILES string of the molecule is COC[C@@H]1C[C@@H](N2Cc3sc(-n4cc(C#N)cn4)nc3C2=O)CN1C#N. The number of nitrogens with zero attached hydrogens (tertiary/aromatic N) is 7. The van der Waals surface area contributed by atoms with Gasteiger partial charge in [-0.2, -0.15) is 15.6 Å². The number of amides is 1. The number of carbonyl (C=O) groups is 1. The van der Waals surface area contributed by atoms with E-state index in [-0.39, 0.29) is 18.0 Å². The molecule has 0 unspecified atom stereocenters. The molecule has 2 aliphatic rings. The van der Waals surface area contributed by atoms with Gasteiger partial charge in [-0.25, -0.2) is 9.67 Å². The molecule has 0 aromatic carbocycles. The zero-order valence-electron chi connectivity index (χ0n) is 14.0. The Morgan fingerprint density at radius 3 is 2.96 bits per heavy atom. The minimum absolute atomic E-state index is 0.00145. The Labute approximate surface area is 153 Å². The van der Waals surface area contributed by atoms with E-state index in [1.165, 1.54) is 22.2 Å². The van der Waals surface area contributed by atoms with Crippen LogP contribution in [0.1, 0.15) is 27.3 Å². The van der Waals surface area contributed by atoms with Crippen LogP contribution >= 0.6 is 11.3 Å². The minimum Gasteiger partial charge on any atom is -0.383 e. The number of thiazole rings is 1. The second kappa shape index (κ2) is 6.41. The standard InChI is InChI=1S/C16H15N7O2S/c1-25-8-12-2-11(6-21(12)9-18)22-7-13-14(15(22)24)20-16(26-13)23-5-10(3-17)4-19-23/h4-5,11-12H,2,6-8H2,1H3/t11-,12+/m1/s1. The van der Waals surface area contributed by atoms with Crippen molar-refractivity contribution in [2.75, 3.05) is 20.3 Å². The number of hydrogen-bond donors (Lipinski definition) is 0. The molecule has 0 N–H and O–H groups in total. The molecule has 4 rings (SSSR count). The summed E-state index contributed by atoms with van der Waals surface area (Å²) >= 11 is 1.40. The number of fused-ring (bicyclic) bond motifs is 1. The fourth-order valence-electron chi connectivity index (χ4n) is 3.44. The Morgan fingerprint density at radius 2 is 2.31 bits per heavy atom. The van der Waals surface area contributed by atoms with Gasteiger partial charge in [0, 0.05) is 13.7 Å². The van der Waals surface area contributed by atoms with Crippen LogP contribution in [0.4, 0.5) is 0 Å². The number of rotatable bonds is 4. The average molecular weight is 369 g/mol. The zero-order chi connectivity index (χ0) is 18.3. The van der Waals surface area contributed by atoms with Crippen molar-refractivity contribution < 1.29 is 9.53 Å². The van der Waals surface area contributed by atoms with E-state index >= 15 is 0 Å². The Hall–Kier alpha value is -2.95. The second-order valence-corrected chi connectivity index (χ2v) is 7.30. The van der Waals surface area contributed by atoms with E-state index in [9.17, 15) is 10.1 Å². The van der Waals surface area contributed by atoms with Crippen molar-refractivity contribution in [3.63, 3.8) is 0 Å². The van der Waals surface area contributed by atoms with Crippen molar-refractivity contribution in [2.24, 2.45) is 0 Å². The van der Waals surface area contributed by atoms with Crippen molar-refractivity contribution in [1.29, 1.82) is 10.5 Å². The summed E-state index contributed by atoms with van der Waals surface area (Å²) < 4.78 is 6.69. The highest BCUT2D eigenvalue weighted by Crippen LogP contribution is 2.34. The van der Waals surface area contributed by atoms with Crippen LogP contribution in [0.15, 0.2) is 12.4 Å². The maximum Gasteiger partial charge on any atom is 0.274 e. The van der Waals surface area contributed by atoms with Crippen molar-refractivity contribution >= 4 is 17.2 Å². The summed E-state index contributed by atoms with van der Waals surface area (Å²) in [6.45, 7) is 1.47. The fourth-order valence-corrected chi connectivity index (χ4v) is 4.43. The molecule has 2 atom stereocenters. The molecule has 4 heterocycles. The van der Waals surface area contributed by atoms with Gasteiger partial charge in [0.25, 0.3) is 5.91 Å². The van der Waals surface area contributed by atoms with E-state index in [1.54, 1.807) is 23.1 Å². The molecule has 0 radical (unpaired) electrons. The summed E-state index contributed by atoms with van der Waals surface area (Å²) in [5.41, 5.74) is 0.887. The molecular weight excluding hydrogens is 354 g/mol. The Kier molecular flexibility index (Phi) is 4.07. The number of nitriles is 2. The minimum atomic E-state index is -0.115. The Balaban J connectivity index is 1.52. The van der Waals surface area contributed by atoms with Crippen LogP contribution in [0.25, 0.3) is 5.13 Å². The van der Waals surface area contributed by atoms with Crippen LogP contribution in [-0.2, 0) is 11.3 Å².